The van der Waals surface area contributed by atoms with Crippen molar-refractivity contribution in [2.45, 2.75) is 32.9 Å². The van der Waals surface area contributed by atoms with E-state index in [0.717, 1.165) is 39.2 Å². The van der Waals surface area contributed by atoms with Crippen LogP contribution in [0.15, 0.2) is 73.1 Å². The zero-order valence-electron chi connectivity index (χ0n) is 16.7. The van der Waals surface area contributed by atoms with Gasteiger partial charge in [0.25, 0.3) is 0 Å². The van der Waals surface area contributed by atoms with Gasteiger partial charge in [-0.05, 0) is 53.9 Å². The van der Waals surface area contributed by atoms with Crippen molar-refractivity contribution in [2.24, 2.45) is 0 Å². The Kier molecular flexibility index (Phi) is 5.43. The molecule has 0 saturated carbocycles. The van der Waals surface area contributed by atoms with Crippen molar-refractivity contribution in [2.75, 3.05) is 5.32 Å². The molecule has 29 heavy (non-hydrogen) atoms. The van der Waals surface area contributed by atoms with Crippen LogP contribution in [0.3, 0.4) is 0 Å². The molecule has 1 N–H and O–H groups in total. The Morgan fingerprint density at radius 1 is 1.03 bits per heavy atom. The molecule has 4 heteroatoms. The van der Waals surface area contributed by atoms with Gasteiger partial charge in [-0.25, -0.2) is 4.79 Å². The average Bonchev–Trinajstić information content (AvgIpc) is 2.77. The highest BCUT2D eigenvalue weighted by atomic mass is 16.5. The van der Waals surface area contributed by atoms with Gasteiger partial charge in [0.15, 0.2) is 0 Å². The van der Waals surface area contributed by atoms with Crippen LogP contribution >= 0.6 is 0 Å². The van der Waals surface area contributed by atoms with Crippen molar-refractivity contribution in [3.63, 3.8) is 0 Å². The topological polar surface area (TPSA) is 51.2 Å². The molecule has 4 nitrogen and oxygen atoms in total. The Balaban J connectivity index is 1.69. The molecule has 146 valence electrons. The third kappa shape index (κ3) is 4.06. The first-order valence-corrected chi connectivity index (χ1v) is 9.94. The summed E-state index contributed by atoms with van der Waals surface area (Å²) in [5.74, 6) is -0.321. The van der Waals surface area contributed by atoms with Crippen LogP contribution in [0.25, 0.3) is 21.5 Å². The molecule has 3 aromatic carbocycles. The zero-order valence-corrected chi connectivity index (χ0v) is 16.7. The van der Waals surface area contributed by atoms with Crippen molar-refractivity contribution in [1.82, 2.24) is 4.98 Å². The molecule has 0 aliphatic carbocycles. The Morgan fingerprint density at radius 2 is 1.86 bits per heavy atom. The Hall–Kier alpha value is -3.40. The summed E-state index contributed by atoms with van der Waals surface area (Å²) in [5.41, 5.74) is 2.57. The Morgan fingerprint density at radius 3 is 2.66 bits per heavy atom. The summed E-state index contributed by atoms with van der Waals surface area (Å²) in [5, 5.41) is 7.84. The van der Waals surface area contributed by atoms with Crippen LogP contribution in [0.1, 0.15) is 36.2 Å². The lowest BCUT2D eigenvalue weighted by atomic mass is 9.99. The molecule has 0 bridgehead atoms. The first kappa shape index (κ1) is 18.9. The monoisotopic (exact) mass is 384 g/mol. The van der Waals surface area contributed by atoms with Crippen LogP contribution in [0.2, 0.25) is 0 Å². The molecule has 0 saturated heterocycles. The first-order valence-electron chi connectivity index (χ1n) is 9.94. The normalized spacial score (nSPS) is 12.1. The molecule has 4 aromatic rings. The van der Waals surface area contributed by atoms with Gasteiger partial charge in [-0.3, -0.25) is 4.98 Å². The summed E-state index contributed by atoms with van der Waals surface area (Å²) in [6, 6.07) is 19.9. The molecule has 0 fully saturated rings. The Bertz CT molecular complexity index is 1160. The molecule has 4 rings (SSSR count). The van der Waals surface area contributed by atoms with Crippen molar-refractivity contribution in [1.29, 1.82) is 0 Å². The van der Waals surface area contributed by atoms with Crippen LogP contribution in [-0.2, 0) is 11.3 Å². The van der Waals surface area contributed by atoms with Gasteiger partial charge in [0.1, 0.15) is 6.61 Å². The van der Waals surface area contributed by atoms with E-state index in [-0.39, 0.29) is 12.6 Å². The highest BCUT2D eigenvalue weighted by Gasteiger charge is 2.12. The van der Waals surface area contributed by atoms with Crippen LogP contribution in [0.5, 0.6) is 0 Å². The lowest BCUT2D eigenvalue weighted by molar-refractivity contribution is 0.0473. The maximum atomic E-state index is 12.6. The molecule has 1 heterocycles. The number of anilines is 1. The minimum Gasteiger partial charge on any atom is -0.457 e. The highest BCUT2D eigenvalue weighted by Crippen LogP contribution is 2.32. The number of fused-ring (bicyclic) bond motifs is 3. The molecule has 1 aromatic heterocycles. The molecule has 0 radical (unpaired) electrons. The number of hydrogen-bond donors (Lipinski definition) is 1. The second kappa shape index (κ2) is 8.31. The molecular formula is C25H24N2O2. The van der Waals surface area contributed by atoms with E-state index in [0.29, 0.717) is 11.6 Å². The number of carbonyl (C=O) groups excluding carboxylic acids is 1. The molecular weight excluding hydrogens is 360 g/mol. The second-order valence-electron chi connectivity index (χ2n) is 7.30. The third-order valence-corrected chi connectivity index (χ3v) is 5.22. The average molecular weight is 384 g/mol. The van der Waals surface area contributed by atoms with Crippen LogP contribution in [-0.4, -0.2) is 17.0 Å². The molecule has 1 unspecified atom stereocenters. The standard InChI is InChI=1S/C25H24N2O2/c1-3-17(2)27-24-14-20-13-19(25(28)29-16-18-7-5-4-6-8-18)9-10-21(20)23-15-26-12-11-22(23)24/h4-15,17,27H,3,16H2,1-2H3. The van der Waals surface area contributed by atoms with Gasteiger partial charge in [-0.1, -0.05) is 43.3 Å². The fourth-order valence-electron chi connectivity index (χ4n) is 3.42. The van der Waals surface area contributed by atoms with Gasteiger partial charge in [-0.15, -0.1) is 0 Å². The van der Waals surface area contributed by atoms with Gasteiger partial charge in [-0.2, -0.15) is 0 Å². The van der Waals surface area contributed by atoms with E-state index in [1.165, 1.54) is 0 Å². The van der Waals surface area contributed by atoms with Gasteiger partial charge in [0.05, 0.1) is 5.56 Å². The zero-order chi connectivity index (χ0) is 20.2. The van der Waals surface area contributed by atoms with Gasteiger partial charge < -0.3 is 10.1 Å². The number of rotatable bonds is 6. The summed E-state index contributed by atoms with van der Waals surface area (Å²) >= 11 is 0. The second-order valence-corrected chi connectivity index (χ2v) is 7.30. The summed E-state index contributed by atoms with van der Waals surface area (Å²) in [6.45, 7) is 4.58. The molecule has 0 aliphatic rings. The van der Waals surface area contributed by atoms with Crippen LogP contribution in [0.4, 0.5) is 5.69 Å². The highest BCUT2D eigenvalue weighted by molar-refractivity contribution is 6.13. The van der Waals surface area contributed by atoms with Crippen LogP contribution in [0, 0.1) is 0 Å². The first-order chi connectivity index (χ1) is 14.2. The van der Waals surface area contributed by atoms with Gasteiger partial charge in [0, 0.05) is 34.9 Å². The summed E-state index contributed by atoms with van der Waals surface area (Å²) in [7, 11) is 0. The van der Waals surface area contributed by atoms with E-state index in [1.54, 1.807) is 0 Å². The molecule has 0 amide bonds. The summed E-state index contributed by atoms with van der Waals surface area (Å²) < 4.78 is 5.50. The van der Waals surface area contributed by atoms with E-state index in [1.807, 2.05) is 67.0 Å². The predicted octanol–water partition coefficient (Wildman–Crippen LogP) is 5.96. The fraction of sp³-hybridized carbons (Fsp3) is 0.200. The largest absolute Gasteiger partial charge is 0.457 e. The smallest absolute Gasteiger partial charge is 0.338 e. The number of ether oxygens (including phenoxy) is 1. The van der Waals surface area contributed by atoms with E-state index in [9.17, 15) is 4.79 Å². The van der Waals surface area contributed by atoms with Crippen LogP contribution < -0.4 is 5.32 Å². The maximum Gasteiger partial charge on any atom is 0.338 e. The number of aromatic nitrogens is 1. The van der Waals surface area contributed by atoms with E-state index < -0.39 is 0 Å². The van der Waals surface area contributed by atoms with Crippen molar-refractivity contribution < 1.29 is 9.53 Å². The number of benzene rings is 3. The minimum atomic E-state index is -0.321. The van der Waals surface area contributed by atoms with Crippen molar-refractivity contribution in [3.05, 3.63) is 84.2 Å². The lowest BCUT2D eigenvalue weighted by Gasteiger charge is -2.17. The Labute approximate surface area is 170 Å². The number of hydrogen-bond acceptors (Lipinski definition) is 4. The quantitative estimate of drug-likeness (QED) is 0.329. The number of pyridine rings is 1. The molecule has 0 aliphatic heterocycles. The fourth-order valence-corrected chi connectivity index (χ4v) is 3.42. The van der Waals surface area contributed by atoms with E-state index in [4.69, 9.17) is 4.74 Å². The predicted molar refractivity (Wildman–Crippen MR) is 118 cm³/mol. The SMILES string of the molecule is CCC(C)Nc1cc2cc(C(=O)OCc3ccccc3)ccc2c2cnccc12. The van der Waals surface area contributed by atoms with Crippen molar-refractivity contribution in [3.8, 4) is 0 Å². The van der Waals surface area contributed by atoms with Gasteiger partial charge >= 0.3 is 5.97 Å². The number of nitrogens with one attached hydrogen (secondary N) is 1. The lowest BCUT2D eigenvalue weighted by Crippen LogP contribution is -2.13. The molecule has 1 atom stereocenters. The number of carbonyl (C=O) groups is 1. The van der Waals surface area contributed by atoms with E-state index in [2.05, 4.69) is 30.2 Å². The summed E-state index contributed by atoms with van der Waals surface area (Å²) in [4.78, 5) is 16.9. The van der Waals surface area contributed by atoms with E-state index >= 15 is 0 Å². The van der Waals surface area contributed by atoms with Crippen molar-refractivity contribution >= 4 is 33.2 Å². The number of nitrogens with zero attached hydrogens (tertiary/aromatic N) is 1. The summed E-state index contributed by atoms with van der Waals surface area (Å²) in [6.07, 6.45) is 4.72. The molecule has 0 spiro atoms. The maximum absolute atomic E-state index is 12.6. The third-order valence-electron chi connectivity index (χ3n) is 5.22. The number of esters is 1. The minimum absolute atomic E-state index is 0.264. The van der Waals surface area contributed by atoms with Gasteiger partial charge in [0.2, 0.25) is 0 Å².